The largest absolute Gasteiger partial charge is 0.349 e. The van der Waals surface area contributed by atoms with Crippen LogP contribution in [0.3, 0.4) is 0 Å². The van der Waals surface area contributed by atoms with Crippen LogP contribution in [0.2, 0.25) is 0 Å². The summed E-state index contributed by atoms with van der Waals surface area (Å²) in [6, 6.07) is 8.21. The van der Waals surface area contributed by atoms with Crippen LogP contribution in [-0.4, -0.2) is 46.8 Å². The SMILES string of the molecule is Cc1cc(C(=O)NCC2CCCCN2C)nn1-c1ccc(F)cc1. The fourth-order valence-corrected chi connectivity index (χ4v) is 3.13. The van der Waals surface area contributed by atoms with Gasteiger partial charge in [0.05, 0.1) is 5.69 Å². The number of carbonyl (C=O) groups excluding carboxylic acids is 1. The number of hydrogen-bond donors (Lipinski definition) is 1. The van der Waals surface area contributed by atoms with E-state index in [9.17, 15) is 9.18 Å². The Morgan fingerprint density at radius 1 is 1.33 bits per heavy atom. The number of benzene rings is 1. The Kier molecular flexibility index (Phi) is 4.94. The molecule has 0 saturated carbocycles. The number of carbonyl (C=O) groups is 1. The summed E-state index contributed by atoms with van der Waals surface area (Å²) in [7, 11) is 2.10. The molecule has 2 heterocycles. The Hall–Kier alpha value is -2.21. The lowest BCUT2D eigenvalue weighted by molar-refractivity contribution is 0.0923. The van der Waals surface area contributed by atoms with Crippen LogP contribution in [0.5, 0.6) is 0 Å². The summed E-state index contributed by atoms with van der Waals surface area (Å²) in [4.78, 5) is 14.7. The first-order valence-electron chi connectivity index (χ1n) is 8.35. The number of amides is 1. The summed E-state index contributed by atoms with van der Waals surface area (Å²) in [5.41, 5.74) is 1.96. The van der Waals surface area contributed by atoms with Crippen LogP contribution in [0.4, 0.5) is 4.39 Å². The second-order valence-corrected chi connectivity index (χ2v) is 6.40. The minimum absolute atomic E-state index is 0.169. The van der Waals surface area contributed by atoms with Gasteiger partial charge in [-0.1, -0.05) is 6.42 Å². The Morgan fingerprint density at radius 3 is 2.79 bits per heavy atom. The molecule has 3 rings (SSSR count). The molecule has 1 fully saturated rings. The fourth-order valence-electron chi connectivity index (χ4n) is 3.13. The summed E-state index contributed by atoms with van der Waals surface area (Å²) in [5.74, 6) is -0.462. The molecule has 2 aromatic rings. The van der Waals surface area contributed by atoms with Crippen molar-refractivity contribution in [2.75, 3.05) is 20.1 Å². The molecule has 1 aromatic carbocycles. The lowest BCUT2D eigenvalue weighted by Gasteiger charge is -2.32. The third-order valence-corrected chi connectivity index (χ3v) is 4.61. The van der Waals surface area contributed by atoms with E-state index < -0.39 is 0 Å². The van der Waals surface area contributed by atoms with Crippen LogP contribution in [0.15, 0.2) is 30.3 Å². The van der Waals surface area contributed by atoms with Crippen LogP contribution < -0.4 is 5.32 Å². The van der Waals surface area contributed by atoms with E-state index in [0.29, 0.717) is 18.3 Å². The third-order valence-electron chi connectivity index (χ3n) is 4.61. The molecular weight excluding hydrogens is 307 g/mol. The highest BCUT2D eigenvalue weighted by atomic mass is 19.1. The van der Waals surface area contributed by atoms with E-state index in [1.54, 1.807) is 22.9 Å². The predicted molar refractivity (Wildman–Crippen MR) is 90.9 cm³/mol. The van der Waals surface area contributed by atoms with Crippen molar-refractivity contribution in [3.05, 3.63) is 47.5 Å². The van der Waals surface area contributed by atoms with E-state index in [4.69, 9.17) is 0 Å². The van der Waals surface area contributed by atoms with Gasteiger partial charge in [0.2, 0.25) is 0 Å². The number of piperidine rings is 1. The van der Waals surface area contributed by atoms with Gasteiger partial charge in [-0.2, -0.15) is 5.10 Å². The highest BCUT2D eigenvalue weighted by Gasteiger charge is 2.20. The molecule has 1 aliphatic rings. The quantitative estimate of drug-likeness (QED) is 0.937. The van der Waals surface area contributed by atoms with Gasteiger partial charge in [0.1, 0.15) is 5.82 Å². The Balaban J connectivity index is 1.67. The van der Waals surface area contributed by atoms with Gasteiger partial charge >= 0.3 is 0 Å². The number of likely N-dealkylation sites (N-methyl/N-ethyl adjacent to an activating group) is 1. The molecule has 1 aliphatic heterocycles. The normalized spacial score (nSPS) is 18.5. The lowest BCUT2D eigenvalue weighted by atomic mass is 10.0. The van der Waals surface area contributed by atoms with E-state index in [-0.39, 0.29) is 11.7 Å². The minimum Gasteiger partial charge on any atom is -0.349 e. The van der Waals surface area contributed by atoms with Crippen LogP contribution in [0.1, 0.15) is 35.4 Å². The number of aryl methyl sites for hydroxylation is 1. The second-order valence-electron chi connectivity index (χ2n) is 6.40. The number of aromatic nitrogens is 2. The number of likely N-dealkylation sites (tertiary alicyclic amines) is 1. The van der Waals surface area contributed by atoms with E-state index in [2.05, 4.69) is 22.4 Å². The maximum absolute atomic E-state index is 13.0. The summed E-state index contributed by atoms with van der Waals surface area (Å²) in [6.45, 7) is 3.60. The molecule has 0 spiro atoms. The van der Waals surface area contributed by atoms with Gasteiger partial charge in [-0.15, -0.1) is 0 Å². The lowest BCUT2D eigenvalue weighted by Crippen LogP contribution is -2.44. The smallest absolute Gasteiger partial charge is 0.271 e. The predicted octanol–water partition coefficient (Wildman–Crippen LogP) is 2.53. The summed E-state index contributed by atoms with van der Waals surface area (Å²) in [5, 5.41) is 7.34. The van der Waals surface area contributed by atoms with E-state index in [0.717, 1.165) is 24.3 Å². The molecule has 1 unspecified atom stereocenters. The van der Waals surface area contributed by atoms with Crippen molar-refractivity contribution in [2.24, 2.45) is 0 Å². The summed E-state index contributed by atoms with van der Waals surface area (Å²) < 4.78 is 14.7. The molecule has 24 heavy (non-hydrogen) atoms. The van der Waals surface area contributed by atoms with Gasteiger partial charge in [0.25, 0.3) is 5.91 Å². The van der Waals surface area contributed by atoms with Gasteiger partial charge in [-0.25, -0.2) is 9.07 Å². The first kappa shape index (κ1) is 16.6. The Morgan fingerprint density at radius 2 is 2.08 bits per heavy atom. The zero-order valence-electron chi connectivity index (χ0n) is 14.1. The molecule has 1 N–H and O–H groups in total. The summed E-state index contributed by atoms with van der Waals surface area (Å²) >= 11 is 0. The molecule has 1 amide bonds. The van der Waals surface area contributed by atoms with Gasteiger partial charge in [0.15, 0.2) is 5.69 Å². The Bertz CT molecular complexity index is 710. The fraction of sp³-hybridized carbons (Fsp3) is 0.444. The molecule has 128 valence electrons. The van der Waals surface area contributed by atoms with Crippen molar-refractivity contribution in [3.8, 4) is 5.69 Å². The standard InChI is InChI=1S/C18H23FN4O/c1-13-11-17(21-23(13)15-8-6-14(19)7-9-15)18(24)20-12-16-5-3-4-10-22(16)2/h6-9,11,16H,3-5,10,12H2,1-2H3,(H,20,24). The number of rotatable bonds is 4. The van der Waals surface area contributed by atoms with Crippen molar-refractivity contribution < 1.29 is 9.18 Å². The van der Waals surface area contributed by atoms with Crippen LogP contribution in [0, 0.1) is 12.7 Å². The maximum Gasteiger partial charge on any atom is 0.271 e. The molecule has 0 radical (unpaired) electrons. The number of nitrogens with zero attached hydrogens (tertiary/aromatic N) is 3. The van der Waals surface area contributed by atoms with Gasteiger partial charge in [0, 0.05) is 18.3 Å². The minimum atomic E-state index is -0.293. The van der Waals surface area contributed by atoms with Gasteiger partial charge < -0.3 is 10.2 Å². The molecule has 1 aromatic heterocycles. The molecule has 1 atom stereocenters. The van der Waals surface area contributed by atoms with Crippen molar-refractivity contribution in [3.63, 3.8) is 0 Å². The molecule has 0 bridgehead atoms. The van der Waals surface area contributed by atoms with Gasteiger partial charge in [-0.05, 0) is 63.7 Å². The first-order chi connectivity index (χ1) is 11.5. The average molecular weight is 330 g/mol. The molecule has 5 nitrogen and oxygen atoms in total. The molecule has 1 saturated heterocycles. The maximum atomic E-state index is 13.0. The van der Waals surface area contributed by atoms with E-state index >= 15 is 0 Å². The van der Waals surface area contributed by atoms with Crippen molar-refractivity contribution >= 4 is 5.91 Å². The highest BCUT2D eigenvalue weighted by Crippen LogP contribution is 2.15. The average Bonchev–Trinajstić information content (AvgIpc) is 2.96. The van der Waals surface area contributed by atoms with Gasteiger partial charge in [-0.3, -0.25) is 4.79 Å². The molecular formula is C18H23FN4O. The van der Waals surface area contributed by atoms with Crippen molar-refractivity contribution in [2.45, 2.75) is 32.2 Å². The van der Waals surface area contributed by atoms with Crippen LogP contribution in [-0.2, 0) is 0 Å². The Labute approximate surface area is 141 Å². The summed E-state index contributed by atoms with van der Waals surface area (Å²) in [6.07, 6.45) is 3.55. The van der Waals surface area contributed by atoms with Crippen molar-refractivity contribution in [1.82, 2.24) is 20.0 Å². The van der Waals surface area contributed by atoms with E-state index in [1.165, 1.54) is 25.0 Å². The number of hydrogen-bond acceptors (Lipinski definition) is 3. The number of halogens is 1. The molecule has 6 heteroatoms. The third kappa shape index (κ3) is 3.64. The zero-order valence-corrected chi connectivity index (χ0v) is 14.1. The monoisotopic (exact) mass is 330 g/mol. The molecule has 0 aliphatic carbocycles. The zero-order chi connectivity index (χ0) is 17.1. The van der Waals surface area contributed by atoms with Crippen LogP contribution in [0.25, 0.3) is 5.69 Å². The highest BCUT2D eigenvalue weighted by molar-refractivity contribution is 5.92. The second kappa shape index (κ2) is 7.13. The topological polar surface area (TPSA) is 50.2 Å². The first-order valence-corrected chi connectivity index (χ1v) is 8.35. The number of nitrogens with one attached hydrogen (secondary N) is 1. The van der Waals surface area contributed by atoms with E-state index in [1.807, 2.05) is 6.92 Å². The van der Waals surface area contributed by atoms with Crippen LogP contribution >= 0.6 is 0 Å². The van der Waals surface area contributed by atoms with Crippen molar-refractivity contribution in [1.29, 1.82) is 0 Å².